The largest absolute Gasteiger partial charge is 0.390 e. The van der Waals surface area contributed by atoms with E-state index in [1.165, 1.54) is 0 Å². The Morgan fingerprint density at radius 2 is 1.97 bits per heavy atom. The Kier molecular flexibility index (Phi) is 5.42. The quantitative estimate of drug-likeness (QED) is 0.361. The fraction of sp³-hybridized carbons (Fsp3) is 0.478. The number of anilines is 1. The number of aromatic amines is 1. The number of benzene rings is 1. The Labute approximate surface area is 214 Å². The van der Waals surface area contributed by atoms with Crippen LogP contribution in [0, 0.1) is 5.41 Å². The fourth-order valence-corrected chi connectivity index (χ4v) is 6.40. The summed E-state index contributed by atoms with van der Waals surface area (Å²) in [5, 5.41) is 23.2. The molecule has 4 aromatic rings. The van der Waals surface area contributed by atoms with E-state index >= 15 is 0 Å². The molecule has 1 aliphatic carbocycles. The van der Waals surface area contributed by atoms with Crippen molar-refractivity contribution in [3.05, 3.63) is 28.0 Å². The molecule has 4 heterocycles. The van der Waals surface area contributed by atoms with Gasteiger partial charge in [0.05, 0.1) is 28.2 Å². The van der Waals surface area contributed by atoms with Crippen molar-refractivity contribution in [3.8, 4) is 11.3 Å². The van der Waals surface area contributed by atoms with Gasteiger partial charge in [-0.05, 0) is 30.4 Å². The van der Waals surface area contributed by atoms with E-state index in [9.17, 15) is 13.9 Å². The fourth-order valence-electron chi connectivity index (χ4n) is 5.78. The number of H-pyrrole nitrogens is 1. The minimum Gasteiger partial charge on any atom is -0.390 e. The van der Waals surface area contributed by atoms with Gasteiger partial charge in [-0.3, -0.25) is 9.78 Å². The maximum atomic E-state index is 14.0. The number of aliphatic hydroxyl groups is 1. The Hall–Kier alpha value is -2.60. The van der Waals surface area contributed by atoms with Crippen molar-refractivity contribution in [1.29, 1.82) is 0 Å². The molecule has 0 bridgehead atoms. The third-order valence-corrected chi connectivity index (χ3v) is 8.53. The molecule has 0 unspecified atom stereocenters. The number of piperidine rings is 1. The topological polar surface area (TPSA) is 122 Å². The molecule has 3 aromatic heterocycles. The molecule has 2 aliphatic rings. The molecule has 1 aromatic carbocycles. The summed E-state index contributed by atoms with van der Waals surface area (Å²) < 4.78 is 29.6. The zero-order valence-electron chi connectivity index (χ0n) is 19.4. The number of aromatic nitrogens is 6. The predicted molar refractivity (Wildman–Crippen MR) is 133 cm³/mol. The molecule has 6 rings (SSSR count). The predicted octanol–water partition coefficient (Wildman–Crippen LogP) is 4.05. The van der Waals surface area contributed by atoms with Crippen LogP contribution in [0.4, 0.5) is 14.6 Å². The Morgan fingerprint density at radius 1 is 1.22 bits per heavy atom. The first-order chi connectivity index (χ1) is 17.1. The lowest BCUT2D eigenvalue weighted by Crippen LogP contribution is -2.47. The average Bonchev–Trinajstić information content (AvgIpc) is 3.45. The Balaban J connectivity index is 1.35. The number of fused-ring (bicyclic) bond motifs is 2. The molecule has 4 N–H and O–H groups in total. The second-order valence-corrected chi connectivity index (χ2v) is 10.6. The van der Waals surface area contributed by atoms with Crippen LogP contribution in [0.1, 0.15) is 31.4 Å². The van der Waals surface area contributed by atoms with E-state index in [0.29, 0.717) is 80.9 Å². The van der Waals surface area contributed by atoms with Gasteiger partial charge in [0.25, 0.3) is 0 Å². The molecule has 0 radical (unpaired) electrons. The summed E-state index contributed by atoms with van der Waals surface area (Å²) in [7, 11) is 1.73. The number of aryl methyl sites for hydroxylation is 1. The van der Waals surface area contributed by atoms with Gasteiger partial charge in [0.1, 0.15) is 16.4 Å². The van der Waals surface area contributed by atoms with Crippen LogP contribution in [0.5, 0.6) is 0 Å². The van der Waals surface area contributed by atoms with E-state index < -0.39 is 17.4 Å². The van der Waals surface area contributed by atoms with Crippen LogP contribution in [0.15, 0.2) is 12.1 Å². The second-order valence-electron chi connectivity index (χ2n) is 9.85. The molecule has 2 fully saturated rings. The van der Waals surface area contributed by atoms with Gasteiger partial charge in [0.15, 0.2) is 5.82 Å². The number of aliphatic hydroxyl groups excluding tert-OH is 1. The summed E-state index contributed by atoms with van der Waals surface area (Å²) in [5.74, 6) is -2.22. The van der Waals surface area contributed by atoms with Gasteiger partial charge in [-0.15, -0.1) is 0 Å². The zero-order chi connectivity index (χ0) is 25.4. The zero-order valence-corrected chi connectivity index (χ0v) is 20.9. The summed E-state index contributed by atoms with van der Waals surface area (Å²) in [5.41, 5.74) is 8.59. The number of nitrogens with two attached hydrogens (primary N) is 1. The highest BCUT2D eigenvalue weighted by molar-refractivity contribution is 6.43. The summed E-state index contributed by atoms with van der Waals surface area (Å²) in [6.07, 6.45) is 0.611. The first-order valence-corrected chi connectivity index (χ1v) is 12.4. The molecule has 36 heavy (non-hydrogen) atoms. The van der Waals surface area contributed by atoms with Gasteiger partial charge >= 0.3 is 0 Å². The number of nitrogens with one attached hydrogen (secondary N) is 1. The second kappa shape index (κ2) is 8.20. The molecule has 1 spiro atoms. The third kappa shape index (κ3) is 3.55. The first-order valence-electron chi connectivity index (χ1n) is 11.7. The van der Waals surface area contributed by atoms with Crippen LogP contribution < -0.4 is 10.6 Å². The SMILES string of the molecule is Cn1nc2ccc(-c3[nH]nc4nc(N5CCC6(CC5)CC(F)(F)C[C@H]6N)c(CO)nc34)c(Cl)c2c1Cl. The number of alkyl halides is 2. The summed E-state index contributed by atoms with van der Waals surface area (Å²) >= 11 is 13.1. The van der Waals surface area contributed by atoms with E-state index in [-0.39, 0.29) is 19.4 Å². The lowest BCUT2D eigenvalue weighted by Gasteiger charge is -2.42. The van der Waals surface area contributed by atoms with Crippen molar-refractivity contribution < 1.29 is 13.9 Å². The van der Waals surface area contributed by atoms with Gasteiger partial charge in [-0.2, -0.15) is 10.2 Å². The number of nitrogens with zero attached hydrogens (tertiary/aromatic N) is 6. The van der Waals surface area contributed by atoms with Crippen molar-refractivity contribution in [3.63, 3.8) is 0 Å². The maximum Gasteiger partial charge on any atom is 0.250 e. The van der Waals surface area contributed by atoms with Crippen LogP contribution in [-0.4, -0.2) is 60.1 Å². The molecule has 190 valence electrons. The molecule has 9 nitrogen and oxygen atoms in total. The van der Waals surface area contributed by atoms with Crippen molar-refractivity contribution in [2.75, 3.05) is 18.0 Å². The Morgan fingerprint density at radius 3 is 2.64 bits per heavy atom. The molecule has 1 atom stereocenters. The van der Waals surface area contributed by atoms with Crippen LogP contribution in [0.2, 0.25) is 10.2 Å². The number of rotatable bonds is 3. The highest BCUT2D eigenvalue weighted by atomic mass is 35.5. The summed E-state index contributed by atoms with van der Waals surface area (Å²) in [4.78, 5) is 11.3. The monoisotopic (exact) mass is 536 g/mol. The van der Waals surface area contributed by atoms with Crippen molar-refractivity contribution in [2.45, 2.75) is 44.3 Å². The summed E-state index contributed by atoms with van der Waals surface area (Å²) in [6.45, 7) is 0.649. The molecule has 13 heteroatoms. The standard InChI is InChI=1S/C23H24Cl2F2N8O/c1-34-19(25)15-12(33-34)3-2-11(16(15)24)17-18-20(32-31-17)30-21(13(9-36)29-18)35-6-4-22(5-7-35)10-23(26,27)8-14(22)28/h2-3,14,36H,4-10,28H2,1H3,(H,30,31,32)/t14-/m1/s1. The Bertz CT molecular complexity index is 1490. The lowest BCUT2D eigenvalue weighted by atomic mass is 9.74. The number of halogens is 4. The van der Waals surface area contributed by atoms with E-state index in [4.69, 9.17) is 28.9 Å². The molecule has 0 amide bonds. The van der Waals surface area contributed by atoms with Gasteiger partial charge in [0, 0.05) is 44.6 Å². The van der Waals surface area contributed by atoms with E-state index in [1.807, 2.05) is 11.0 Å². The lowest BCUT2D eigenvalue weighted by molar-refractivity contribution is -0.00684. The van der Waals surface area contributed by atoms with Crippen molar-refractivity contribution >= 4 is 51.1 Å². The number of hydrogen-bond acceptors (Lipinski definition) is 7. The van der Waals surface area contributed by atoms with Gasteiger partial charge in [-0.25, -0.2) is 18.7 Å². The number of hydrogen-bond donors (Lipinski definition) is 3. The van der Waals surface area contributed by atoms with E-state index in [1.54, 1.807) is 17.8 Å². The minimum absolute atomic E-state index is 0.179. The van der Waals surface area contributed by atoms with Crippen LogP contribution >= 0.6 is 23.2 Å². The molecule has 1 saturated heterocycles. The van der Waals surface area contributed by atoms with Crippen LogP contribution in [0.3, 0.4) is 0 Å². The minimum atomic E-state index is -2.72. The molecular formula is C23H24Cl2F2N8O. The van der Waals surface area contributed by atoms with Gasteiger partial charge in [-0.1, -0.05) is 23.2 Å². The highest BCUT2D eigenvalue weighted by Gasteiger charge is 2.55. The molecule has 1 saturated carbocycles. The average molecular weight is 537 g/mol. The van der Waals surface area contributed by atoms with Crippen molar-refractivity contribution in [1.82, 2.24) is 29.9 Å². The van der Waals surface area contributed by atoms with Crippen LogP contribution in [0.25, 0.3) is 33.3 Å². The normalized spacial score (nSPS) is 21.3. The smallest absolute Gasteiger partial charge is 0.250 e. The maximum absolute atomic E-state index is 14.0. The van der Waals surface area contributed by atoms with Crippen molar-refractivity contribution in [2.24, 2.45) is 18.2 Å². The van der Waals surface area contributed by atoms with Crippen LogP contribution in [-0.2, 0) is 13.7 Å². The van der Waals surface area contributed by atoms with Gasteiger partial charge in [0.2, 0.25) is 11.6 Å². The van der Waals surface area contributed by atoms with E-state index in [2.05, 4.69) is 25.3 Å². The molecule has 1 aliphatic heterocycles. The first kappa shape index (κ1) is 23.8. The highest BCUT2D eigenvalue weighted by Crippen LogP contribution is 2.52. The van der Waals surface area contributed by atoms with Gasteiger partial charge < -0.3 is 15.7 Å². The van der Waals surface area contributed by atoms with E-state index in [0.717, 1.165) is 0 Å². The summed E-state index contributed by atoms with van der Waals surface area (Å²) in [6, 6.07) is 3.09. The third-order valence-electron chi connectivity index (χ3n) is 7.70. The molecular weight excluding hydrogens is 513 g/mol.